The standard InChI is InChI=1S/C14H23NO3/c1-14(2,3)18-13(17)15-9-7-12(8-10-15)6-4-5-11-16/h4,16H,5,7-11H2,1-3H3. The highest BCUT2D eigenvalue weighted by Gasteiger charge is 2.24. The molecule has 0 atom stereocenters. The Morgan fingerprint density at radius 2 is 2.06 bits per heavy atom. The van der Waals surface area contributed by atoms with Crippen LogP contribution < -0.4 is 0 Å². The Labute approximate surface area is 109 Å². The molecule has 4 heteroatoms. The molecule has 1 aliphatic rings. The van der Waals surface area contributed by atoms with E-state index in [4.69, 9.17) is 9.84 Å². The lowest BCUT2D eigenvalue weighted by molar-refractivity contribution is 0.0236. The predicted molar refractivity (Wildman–Crippen MR) is 70.3 cm³/mol. The molecule has 0 radical (unpaired) electrons. The number of rotatable bonds is 2. The van der Waals surface area contributed by atoms with Crippen LogP contribution in [0.5, 0.6) is 0 Å². The first-order valence-electron chi connectivity index (χ1n) is 6.44. The average Bonchev–Trinajstić information content (AvgIpc) is 2.28. The molecule has 0 aromatic heterocycles. The van der Waals surface area contributed by atoms with Crippen molar-refractivity contribution in [3.63, 3.8) is 0 Å². The minimum Gasteiger partial charge on any atom is -0.444 e. The summed E-state index contributed by atoms with van der Waals surface area (Å²) in [6.45, 7) is 7.14. The molecular weight excluding hydrogens is 230 g/mol. The summed E-state index contributed by atoms with van der Waals surface area (Å²) >= 11 is 0. The fourth-order valence-corrected chi connectivity index (χ4v) is 1.71. The lowest BCUT2D eigenvalue weighted by atomic mass is 10.1. The van der Waals surface area contributed by atoms with Gasteiger partial charge in [-0.25, -0.2) is 4.79 Å². The number of carbonyl (C=O) groups excluding carboxylic acids is 1. The molecule has 0 unspecified atom stereocenters. The molecule has 18 heavy (non-hydrogen) atoms. The van der Waals surface area contributed by atoms with E-state index in [1.54, 1.807) is 4.90 Å². The van der Waals surface area contributed by atoms with Crippen LogP contribution in [0.25, 0.3) is 0 Å². The SMILES string of the molecule is CC(C)(C)OC(=O)N1CCC(=C=CCCO)CC1. The van der Waals surface area contributed by atoms with E-state index in [-0.39, 0.29) is 12.7 Å². The summed E-state index contributed by atoms with van der Waals surface area (Å²) in [7, 11) is 0. The molecule has 1 rings (SSSR count). The number of hydrogen-bond acceptors (Lipinski definition) is 3. The maximum Gasteiger partial charge on any atom is 0.410 e. The topological polar surface area (TPSA) is 49.8 Å². The van der Waals surface area contributed by atoms with Crippen LogP contribution in [0.15, 0.2) is 17.4 Å². The fraction of sp³-hybridized carbons (Fsp3) is 0.714. The Bertz CT molecular complexity index is 339. The summed E-state index contributed by atoms with van der Waals surface area (Å²) in [5.74, 6) is 0. The maximum atomic E-state index is 11.8. The van der Waals surface area contributed by atoms with Crippen LogP contribution in [0.4, 0.5) is 4.79 Å². The highest BCUT2D eigenvalue weighted by molar-refractivity contribution is 5.68. The van der Waals surface area contributed by atoms with Crippen molar-refractivity contribution in [1.82, 2.24) is 4.90 Å². The van der Waals surface area contributed by atoms with Gasteiger partial charge in [0.05, 0.1) is 0 Å². The minimum atomic E-state index is -0.436. The van der Waals surface area contributed by atoms with E-state index in [9.17, 15) is 4.79 Å². The molecule has 1 aliphatic heterocycles. The van der Waals surface area contributed by atoms with Crippen LogP contribution in [0.2, 0.25) is 0 Å². The molecule has 0 aromatic rings. The summed E-state index contributed by atoms with van der Waals surface area (Å²) in [6.07, 6.45) is 3.93. The zero-order valence-corrected chi connectivity index (χ0v) is 11.5. The second-order valence-electron chi connectivity index (χ2n) is 5.43. The van der Waals surface area contributed by atoms with Gasteiger partial charge in [-0.05, 0) is 51.7 Å². The van der Waals surface area contributed by atoms with E-state index in [0.717, 1.165) is 12.8 Å². The van der Waals surface area contributed by atoms with E-state index in [0.29, 0.717) is 19.5 Å². The molecule has 102 valence electrons. The third-order valence-corrected chi connectivity index (χ3v) is 2.60. The third kappa shape index (κ3) is 5.39. The lowest BCUT2D eigenvalue weighted by Gasteiger charge is -2.30. The van der Waals surface area contributed by atoms with Crippen molar-refractivity contribution in [2.45, 2.75) is 45.6 Å². The van der Waals surface area contributed by atoms with Gasteiger partial charge in [0, 0.05) is 19.7 Å². The molecular formula is C14H23NO3. The largest absolute Gasteiger partial charge is 0.444 e. The van der Waals surface area contributed by atoms with Crippen molar-refractivity contribution in [3.05, 3.63) is 17.4 Å². The summed E-state index contributed by atoms with van der Waals surface area (Å²) in [5.41, 5.74) is 3.96. The van der Waals surface area contributed by atoms with Gasteiger partial charge in [0.2, 0.25) is 0 Å². The number of ether oxygens (including phenoxy) is 1. The number of likely N-dealkylation sites (tertiary alicyclic amines) is 1. The number of amides is 1. The van der Waals surface area contributed by atoms with Crippen LogP contribution in [0, 0.1) is 0 Å². The number of hydrogen-bond donors (Lipinski definition) is 1. The van der Waals surface area contributed by atoms with Crippen LogP contribution in [0.1, 0.15) is 40.0 Å². The highest BCUT2D eigenvalue weighted by Crippen LogP contribution is 2.18. The van der Waals surface area contributed by atoms with Crippen LogP contribution >= 0.6 is 0 Å². The molecule has 1 N–H and O–H groups in total. The van der Waals surface area contributed by atoms with E-state index in [1.165, 1.54) is 5.57 Å². The predicted octanol–water partition coefficient (Wildman–Crippen LogP) is 2.48. The van der Waals surface area contributed by atoms with Gasteiger partial charge < -0.3 is 14.7 Å². The Morgan fingerprint density at radius 3 is 2.56 bits per heavy atom. The maximum absolute atomic E-state index is 11.8. The van der Waals surface area contributed by atoms with Crippen molar-refractivity contribution in [2.24, 2.45) is 0 Å². The smallest absolute Gasteiger partial charge is 0.410 e. The van der Waals surface area contributed by atoms with Gasteiger partial charge in [0.25, 0.3) is 0 Å². The second-order valence-corrected chi connectivity index (χ2v) is 5.43. The zero-order valence-electron chi connectivity index (χ0n) is 11.5. The first-order valence-corrected chi connectivity index (χ1v) is 6.44. The first kappa shape index (κ1) is 14.8. The van der Waals surface area contributed by atoms with Gasteiger partial charge in [0.1, 0.15) is 5.60 Å². The van der Waals surface area contributed by atoms with Gasteiger partial charge in [-0.2, -0.15) is 0 Å². The molecule has 0 bridgehead atoms. The highest BCUT2D eigenvalue weighted by atomic mass is 16.6. The molecule has 4 nitrogen and oxygen atoms in total. The number of aliphatic hydroxyl groups excluding tert-OH is 1. The summed E-state index contributed by atoms with van der Waals surface area (Å²) in [4.78, 5) is 13.6. The van der Waals surface area contributed by atoms with Crippen molar-refractivity contribution >= 4 is 6.09 Å². The normalized spacial score (nSPS) is 16.2. The molecule has 0 spiro atoms. The van der Waals surface area contributed by atoms with Crippen molar-refractivity contribution in [1.29, 1.82) is 0 Å². The molecule has 1 heterocycles. The molecule has 0 aliphatic carbocycles. The van der Waals surface area contributed by atoms with Gasteiger partial charge in [-0.1, -0.05) is 0 Å². The molecule has 1 fully saturated rings. The molecule has 1 amide bonds. The number of nitrogens with zero attached hydrogens (tertiary/aromatic N) is 1. The van der Waals surface area contributed by atoms with Gasteiger partial charge in [-0.3, -0.25) is 0 Å². The number of piperidine rings is 1. The van der Waals surface area contributed by atoms with Gasteiger partial charge >= 0.3 is 6.09 Å². The molecule has 0 saturated carbocycles. The Balaban J connectivity index is 2.44. The Hall–Kier alpha value is -1.25. The number of aliphatic hydroxyl groups is 1. The van der Waals surface area contributed by atoms with Gasteiger partial charge in [0.15, 0.2) is 0 Å². The van der Waals surface area contributed by atoms with Crippen molar-refractivity contribution in [2.75, 3.05) is 19.7 Å². The Kier molecular flexibility index (Phi) is 5.45. The van der Waals surface area contributed by atoms with Crippen molar-refractivity contribution < 1.29 is 14.6 Å². The van der Waals surface area contributed by atoms with Crippen LogP contribution in [-0.4, -0.2) is 41.4 Å². The fourth-order valence-electron chi connectivity index (χ4n) is 1.71. The summed E-state index contributed by atoms with van der Waals surface area (Å²) in [5, 5.41) is 8.67. The first-order chi connectivity index (χ1) is 8.42. The quantitative estimate of drug-likeness (QED) is 0.769. The van der Waals surface area contributed by atoms with E-state index in [1.807, 2.05) is 26.8 Å². The summed E-state index contributed by atoms with van der Waals surface area (Å²) < 4.78 is 5.33. The number of carbonyl (C=O) groups is 1. The monoisotopic (exact) mass is 253 g/mol. The van der Waals surface area contributed by atoms with Crippen LogP contribution in [-0.2, 0) is 4.74 Å². The zero-order chi connectivity index (χ0) is 13.6. The third-order valence-electron chi connectivity index (χ3n) is 2.60. The second kappa shape index (κ2) is 6.62. The van der Waals surface area contributed by atoms with E-state index in [2.05, 4.69) is 5.73 Å². The summed E-state index contributed by atoms with van der Waals surface area (Å²) in [6, 6.07) is 0. The van der Waals surface area contributed by atoms with Crippen LogP contribution in [0.3, 0.4) is 0 Å². The average molecular weight is 253 g/mol. The van der Waals surface area contributed by atoms with Gasteiger partial charge in [-0.15, -0.1) is 5.73 Å². The van der Waals surface area contributed by atoms with E-state index >= 15 is 0 Å². The molecule has 0 aromatic carbocycles. The van der Waals surface area contributed by atoms with E-state index < -0.39 is 5.60 Å². The minimum absolute atomic E-state index is 0.157. The lowest BCUT2D eigenvalue weighted by Crippen LogP contribution is -2.40. The van der Waals surface area contributed by atoms with Crippen molar-refractivity contribution in [3.8, 4) is 0 Å². The molecule has 1 saturated heterocycles. The Morgan fingerprint density at radius 1 is 1.44 bits per heavy atom.